The van der Waals surface area contributed by atoms with Gasteiger partial charge in [0.25, 0.3) is 15.7 Å². The lowest BCUT2D eigenvalue weighted by molar-refractivity contribution is -0.387. The molecule has 2 aliphatic heterocycles. The summed E-state index contributed by atoms with van der Waals surface area (Å²) in [4.78, 5) is 35.2. The van der Waals surface area contributed by atoms with Crippen molar-refractivity contribution in [3.8, 4) is 0 Å². The van der Waals surface area contributed by atoms with Crippen molar-refractivity contribution in [2.45, 2.75) is 87.7 Å². The van der Waals surface area contributed by atoms with Crippen molar-refractivity contribution in [3.05, 3.63) is 46.5 Å². The summed E-state index contributed by atoms with van der Waals surface area (Å²) in [6.45, 7) is 11.4. The first-order chi connectivity index (χ1) is 16.5. The second-order valence-corrected chi connectivity index (χ2v) is 17.4. The molecule has 2 bridgehead atoms. The fourth-order valence-electron chi connectivity index (χ4n) is 4.55. The summed E-state index contributed by atoms with van der Waals surface area (Å²) in [6, 6.07) is 4.40. The highest BCUT2D eigenvalue weighted by atomic mass is 32.2. The molecule has 0 radical (unpaired) electrons. The average molecular weight is 539 g/mol. The van der Waals surface area contributed by atoms with Crippen molar-refractivity contribution < 1.29 is 32.1 Å². The number of nitro benzene ring substituents is 1. The Bertz CT molecular complexity index is 1190. The topological polar surface area (TPSA) is 133 Å². The van der Waals surface area contributed by atoms with E-state index in [0.29, 0.717) is 0 Å². The Kier molecular flexibility index (Phi) is 7.67. The number of nitrogens with zero attached hydrogens (tertiary/aromatic N) is 2. The number of ether oxygens (including phenoxy) is 1. The smallest absolute Gasteiger partial charge is 0.302 e. The van der Waals surface area contributed by atoms with E-state index in [2.05, 4.69) is 0 Å². The van der Waals surface area contributed by atoms with Crippen molar-refractivity contribution in [3.63, 3.8) is 0 Å². The van der Waals surface area contributed by atoms with Crippen molar-refractivity contribution in [1.82, 2.24) is 4.31 Å². The molecule has 10 nitrogen and oxygen atoms in total. The van der Waals surface area contributed by atoms with Crippen LogP contribution in [-0.2, 0) is 28.8 Å². The van der Waals surface area contributed by atoms with Gasteiger partial charge in [-0.3, -0.25) is 19.7 Å². The Hall–Kier alpha value is -2.41. The molecule has 36 heavy (non-hydrogen) atoms. The van der Waals surface area contributed by atoms with Crippen LogP contribution in [0.3, 0.4) is 0 Å². The maximum atomic E-state index is 14.1. The van der Waals surface area contributed by atoms with Gasteiger partial charge in [-0.05, 0) is 37.0 Å². The first-order valence-electron chi connectivity index (χ1n) is 11.9. The number of para-hydroxylation sites is 1. The number of piperidine rings is 1. The number of nitro groups is 1. The third-order valence-electron chi connectivity index (χ3n) is 7.32. The van der Waals surface area contributed by atoms with Crippen LogP contribution in [0.4, 0.5) is 5.69 Å². The van der Waals surface area contributed by atoms with E-state index in [1.54, 1.807) is 12.2 Å². The van der Waals surface area contributed by atoms with Crippen LogP contribution in [0.15, 0.2) is 41.3 Å². The number of sulfonamides is 1. The summed E-state index contributed by atoms with van der Waals surface area (Å²) < 4.78 is 41.0. The SMILES string of the molecule is CC(=O)OCCCC12C=CC(CC(=O)C1O[Si](C)(C)C(C)(C)C)N2S(=O)(=O)c1ccccc1[N+](=O)[O-]. The molecule has 1 saturated heterocycles. The van der Waals surface area contributed by atoms with Gasteiger partial charge < -0.3 is 9.16 Å². The molecule has 12 heteroatoms. The van der Waals surface area contributed by atoms with Crippen molar-refractivity contribution in [1.29, 1.82) is 0 Å². The molecular formula is C24H34N2O8SSi. The molecule has 0 amide bonds. The summed E-state index contributed by atoms with van der Waals surface area (Å²) in [5, 5.41) is 11.4. The number of Topliss-reactive ketones (excluding diaryl/α,β-unsaturated/α-hetero) is 1. The summed E-state index contributed by atoms with van der Waals surface area (Å²) in [6.07, 6.45) is 2.58. The quantitative estimate of drug-likeness (QED) is 0.115. The molecule has 1 aromatic rings. The third kappa shape index (κ3) is 5.04. The van der Waals surface area contributed by atoms with Crippen molar-refractivity contribution in [2.24, 2.45) is 0 Å². The predicted molar refractivity (Wildman–Crippen MR) is 135 cm³/mol. The highest BCUT2D eigenvalue weighted by Gasteiger charge is 2.62. The number of carbonyl (C=O) groups excluding carboxylic acids is 2. The standard InChI is InChI=1S/C24H34N2O8SSi/c1-17(27)33-15-9-13-24-14-12-18(16-20(28)22(24)34-36(5,6)23(2,3)4)25(24)35(31,32)21-11-8-7-10-19(21)26(29)30/h7-8,10-12,14,18,22H,9,13,15-16H2,1-6H3. The van der Waals surface area contributed by atoms with E-state index in [-0.39, 0.29) is 36.7 Å². The Morgan fingerprint density at radius 3 is 2.50 bits per heavy atom. The summed E-state index contributed by atoms with van der Waals surface area (Å²) in [7, 11) is -6.98. The molecule has 0 aromatic heterocycles. The zero-order valence-corrected chi connectivity index (χ0v) is 23.3. The van der Waals surface area contributed by atoms with E-state index in [4.69, 9.17) is 9.16 Å². The zero-order valence-electron chi connectivity index (χ0n) is 21.5. The molecule has 3 rings (SSSR count). The summed E-state index contributed by atoms with van der Waals surface area (Å²) >= 11 is 0. The van der Waals surface area contributed by atoms with Gasteiger partial charge in [-0.2, -0.15) is 4.31 Å². The van der Waals surface area contributed by atoms with Gasteiger partial charge >= 0.3 is 5.97 Å². The number of carbonyl (C=O) groups is 2. The van der Waals surface area contributed by atoms with E-state index < -0.39 is 57.5 Å². The molecule has 3 atom stereocenters. The molecule has 0 aliphatic carbocycles. The average Bonchev–Trinajstić information content (AvgIpc) is 3.07. The Morgan fingerprint density at radius 1 is 1.28 bits per heavy atom. The van der Waals surface area contributed by atoms with Gasteiger partial charge in [0.1, 0.15) is 6.10 Å². The Morgan fingerprint density at radius 2 is 1.92 bits per heavy atom. The molecule has 1 fully saturated rings. The van der Waals surface area contributed by atoms with Gasteiger partial charge in [-0.25, -0.2) is 8.42 Å². The van der Waals surface area contributed by atoms with Crippen molar-refractivity contribution >= 4 is 35.8 Å². The Labute approximate surface area is 213 Å². The number of esters is 1. The lowest BCUT2D eigenvalue weighted by Gasteiger charge is -2.51. The number of fused-ring (bicyclic) bond motifs is 2. The monoisotopic (exact) mass is 538 g/mol. The van der Waals surface area contributed by atoms with Crippen LogP contribution in [0.25, 0.3) is 0 Å². The first-order valence-corrected chi connectivity index (χ1v) is 16.2. The van der Waals surface area contributed by atoms with Crippen LogP contribution in [0.2, 0.25) is 18.1 Å². The molecular weight excluding hydrogens is 504 g/mol. The maximum Gasteiger partial charge on any atom is 0.302 e. The molecule has 198 valence electrons. The molecule has 2 aliphatic rings. The largest absolute Gasteiger partial charge is 0.466 e. The second-order valence-electron chi connectivity index (χ2n) is 10.8. The predicted octanol–water partition coefficient (Wildman–Crippen LogP) is 3.97. The van der Waals surface area contributed by atoms with Gasteiger partial charge in [0, 0.05) is 19.4 Å². The number of hydrogen-bond donors (Lipinski definition) is 0. The number of rotatable bonds is 9. The second kappa shape index (κ2) is 9.80. The minimum atomic E-state index is -4.43. The van der Waals surface area contributed by atoms with Gasteiger partial charge in [0.2, 0.25) is 0 Å². The van der Waals surface area contributed by atoms with E-state index in [1.807, 2.05) is 33.9 Å². The van der Waals surface area contributed by atoms with E-state index >= 15 is 0 Å². The number of hydrogen-bond acceptors (Lipinski definition) is 8. The van der Waals surface area contributed by atoms with Crippen LogP contribution in [0, 0.1) is 10.1 Å². The fraction of sp³-hybridized carbons (Fsp3) is 0.583. The lowest BCUT2D eigenvalue weighted by atomic mass is 9.83. The molecule has 2 heterocycles. The van der Waals surface area contributed by atoms with Gasteiger partial charge in [-0.15, -0.1) is 0 Å². The normalized spacial score (nSPS) is 24.7. The first kappa shape index (κ1) is 28.2. The van der Waals surface area contributed by atoms with E-state index in [9.17, 15) is 28.1 Å². The van der Waals surface area contributed by atoms with Gasteiger partial charge in [0.15, 0.2) is 19.0 Å². The minimum Gasteiger partial charge on any atom is -0.466 e. The summed E-state index contributed by atoms with van der Waals surface area (Å²) in [5.41, 5.74) is -1.94. The minimum absolute atomic E-state index is 0.0377. The number of benzene rings is 1. The number of ketones is 1. The molecule has 0 saturated carbocycles. The van der Waals surface area contributed by atoms with Crippen LogP contribution in [0.1, 0.15) is 47.0 Å². The van der Waals surface area contributed by atoms with E-state index in [1.165, 1.54) is 29.4 Å². The highest BCUT2D eigenvalue weighted by Crippen LogP contribution is 2.49. The fourth-order valence-corrected chi connectivity index (χ4v) is 7.90. The lowest BCUT2D eigenvalue weighted by Crippen LogP contribution is -2.67. The van der Waals surface area contributed by atoms with Crippen LogP contribution in [-0.4, -0.2) is 62.0 Å². The summed E-state index contributed by atoms with van der Waals surface area (Å²) in [5.74, 6) is -0.679. The van der Waals surface area contributed by atoms with Crippen LogP contribution >= 0.6 is 0 Å². The molecule has 0 spiro atoms. The van der Waals surface area contributed by atoms with E-state index in [0.717, 1.165) is 6.07 Å². The molecule has 3 unspecified atom stereocenters. The van der Waals surface area contributed by atoms with Crippen molar-refractivity contribution in [2.75, 3.05) is 6.61 Å². The Balaban J connectivity index is 2.15. The van der Waals surface area contributed by atoms with Crippen LogP contribution < -0.4 is 0 Å². The van der Waals surface area contributed by atoms with Crippen LogP contribution in [0.5, 0.6) is 0 Å². The van der Waals surface area contributed by atoms with Gasteiger partial charge in [-0.1, -0.05) is 45.1 Å². The molecule has 1 aromatic carbocycles. The maximum absolute atomic E-state index is 14.1. The highest BCUT2D eigenvalue weighted by molar-refractivity contribution is 7.89. The molecule has 0 N–H and O–H groups in total. The zero-order chi connectivity index (χ0) is 27.1. The third-order valence-corrected chi connectivity index (χ3v) is 13.8. The van der Waals surface area contributed by atoms with Gasteiger partial charge in [0.05, 0.1) is 23.1 Å².